The second-order valence-corrected chi connectivity index (χ2v) is 8.05. The van der Waals surface area contributed by atoms with Crippen molar-refractivity contribution in [3.05, 3.63) is 78.1 Å². The van der Waals surface area contributed by atoms with Crippen LogP contribution in [0, 0.1) is 0 Å². The molecule has 0 aliphatic heterocycles. The molecule has 0 spiro atoms. The van der Waals surface area contributed by atoms with Crippen molar-refractivity contribution in [3.8, 4) is 11.5 Å². The molecule has 1 aliphatic carbocycles. The van der Waals surface area contributed by atoms with Crippen molar-refractivity contribution in [2.75, 3.05) is 0 Å². The fraction of sp³-hybridized carbons (Fsp3) is 0.208. The summed E-state index contributed by atoms with van der Waals surface area (Å²) in [4.78, 5) is 28.8. The molecule has 2 aromatic carbocycles. The molecular weight excluding hydrogens is 460 g/mol. The molecule has 182 valence electrons. The summed E-state index contributed by atoms with van der Waals surface area (Å²) in [6.45, 7) is 3.58. The lowest BCUT2D eigenvalue weighted by atomic mass is 9.94. The largest absolute Gasteiger partial charge is 0.457 e. The van der Waals surface area contributed by atoms with Crippen molar-refractivity contribution in [2.24, 2.45) is 10.7 Å². The fourth-order valence-corrected chi connectivity index (χ4v) is 3.24. The molecule has 1 saturated carbocycles. The van der Waals surface area contributed by atoms with Gasteiger partial charge in [0.15, 0.2) is 0 Å². The van der Waals surface area contributed by atoms with E-state index in [-0.39, 0.29) is 29.5 Å². The molecule has 0 heterocycles. The summed E-state index contributed by atoms with van der Waals surface area (Å²) in [7, 11) is 1.57. The van der Waals surface area contributed by atoms with Gasteiger partial charge in [-0.05, 0) is 36.6 Å². The molecule has 1 aliphatic rings. The molecular formula is C24H24BF3N4O3. The topological polar surface area (TPSA) is 106 Å². The van der Waals surface area contributed by atoms with E-state index in [1.807, 2.05) is 0 Å². The molecule has 2 aromatic rings. The number of hydrogen-bond donors (Lipinski definition) is 3. The number of nitrogens with one attached hydrogen (secondary N) is 2. The number of aliphatic imine (C=N–C) groups is 1. The second kappa shape index (κ2) is 10.5. The molecule has 35 heavy (non-hydrogen) atoms. The number of amides is 2. The lowest BCUT2D eigenvalue weighted by Gasteiger charge is -2.17. The third-order valence-corrected chi connectivity index (χ3v) is 5.34. The van der Waals surface area contributed by atoms with Crippen LogP contribution in [0.4, 0.5) is 13.2 Å². The van der Waals surface area contributed by atoms with Crippen molar-refractivity contribution in [1.29, 1.82) is 0 Å². The summed E-state index contributed by atoms with van der Waals surface area (Å²) < 4.78 is 45.4. The Labute approximate surface area is 201 Å². The highest BCUT2D eigenvalue weighted by Crippen LogP contribution is 2.38. The van der Waals surface area contributed by atoms with Crippen LogP contribution < -0.4 is 26.6 Å². The molecule has 2 amide bonds. The molecule has 7 nitrogen and oxygen atoms in total. The molecule has 3 rings (SSSR count). The van der Waals surface area contributed by atoms with Gasteiger partial charge in [-0.1, -0.05) is 36.3 Å². The number of carbonyl (C=O) groups is 2. The normalized spacial score (nSPS) is 14.9. The monoisotopic (exact) mass is 484 g/mol. The number of nitrogens with two attached hydrogens (primary N) is 1. The molecule has 0 aromatic heterocycles. The van der Waals surface area contributed by atoms with Gasteiger partial charge in [0.2, 0.25) is 5.91 Å². The molecule has 0 unspecified atom stereocenters. The van der Waals surface area contributed by atoms with Gasteiger partial charge in [-0.25, -0.2) is 0 Å². The standard InChI is InChI=1S/C24H24BF3N4O3/c1-2-30-14-16(12-29)21(33)32-23(9-10-23)22(34)31-13-15-3-6-18(7-4-15)35-20-8-5-17(25)11-19(20)24(26,27)28/h2-8,11-12,14H,1,9-10,13,25,29H2,(H,31,34)(H,32,33)/b16-12+,30-14-. The van der Waals surface area contributed by atoms with Crippen molar-refractivity contribution in [1.82, 2.24) is 10.6 Å². The van der Waals surface area contributed by atoms with Crippen LogP contribution in [0.1, 0.15) is 24.0 Å². The Morgan fingerprint density at radius 1 is 1.20 bits per heavy atom. The number of halogens is 3. The van der Waals surface area contributed by atoms with Crippen LogP contribution >= 0.6 is 0 Å². The average Bonchev–Trinajstić information content (AvgIpc) is 3.60. The maximum Gasteiger partial charge on any atom is 0.419 e. The third-order valence-electron chi connectivity index (χ3n) is 5.34. The van der Waals surface area contributed by atoms with E-state index in [1.54, 1.807) is 26.0 Å². The molecule has 0 atom stereocenters. The predicted octanol–water partition coefficient (Wildman–Crippen LogP) is 2.08. The van der Waals surface area contributed by atoms with E-state index in [0.29, 0.717) is 23.9 Å². The van der Waals surface area contributed by atoms with Gasteiger partial charge in [0.05, 0.1) is 11.1 Å². The number of benzene rings is 2. The molecule has 0 bridgehead atoms. The van der Waals surface area contributed by atoms with Gasteiger partial charge in [-0.3, -0.25) is 14.6 Å². The fourth-order valence-electron chi connectivity index (χ4n) is 3.24. The number of carbonyl (C=O) groups excluding carboxylic acids is 2. The summed E-state index contributed by atoms with van der Waals surface area (Å²) in [5.41, 5.74) is 4.85. The van der Waals surface area contributed by atoms with E-state index in [2.05, 4.69) is 22.2 Å². The SMILES string of the molecule is Bc1ccc(Oc2ccc(CNC(=O)C3(NC(=O)C(/C=N\C=C)=C/N)CC3)cc2)c(C(F)(F)F)c1. The molecule has 0 radical (unpaired) electrons. The predicted molar refractivity (Wildman–Crippen MR) is 129 cm³/mol. The van der Waals surface area contributed by atoms with Gasteiger partial charge in [-0.2, -0.15) is 13.2 Å². The van der Waals surface area contributed by atoms with Crippen LogP contribution in [0.15, 0.2) is 72.0 Å². The van der Waals surface area contributed by atoms with Crippen LogP contribution in [-0.2, 0) is 22.3 Å². The van der Waals surface area contributed by atoms with Crippen molar-refractivity contribution < 1.29 is 27.5 Å². The van der Waals surface area contributed by atoms with Crippen LogP contribution in [0.25, 0.3) is 0 Å². The average molecular weight is 484 g/mol. The zero-order valence-corrected chi connectivity index (χ0v) is 19.0. The first-order chi connectivity index (χ1) is 16.6. The van der Waals surface area contributed by atoms with Gasteiger partial charge in [-0.15, -0.1) is 0 Å². The van der Waals surface area contributed by atoms with E-state index in [1.165, 1.54) is 30.6 Å². The van der Waals surface area contributed by atoms with Crippen LogP contribution in [0.3, 0.4) is 0 Å². The van der Waals surface area contributed by atoms with Crippen LogP contribution in [-0.4, -0.2) is 31.4 Å². The van der Waals surface area contributed by atoms with Crippen LogP contribution in [0.5, 0.6) is 11.5 Å². The zero-order valence-electron chi connectivity index (χ0n) is 19.0. The lowest BCUT2D eigenvalue weighted by Crippen LogP contribution is -2.49. The Balaban J connectivity index is 1.59. The number of hydrogen-bond acceptors (Lipinski definition) is 5. The number of nitrogens with zero attached hydrogens (tertiary/aromatic N) is 1. The first-order valence-corrected chi connectivity index (χ1v) is 10.7. The Morgan fingerprint density at radius 3 is 2.46 bits per heavy atom. The van der Waals surface area contributed by atoms with Crippen molar-refractivity contribution >= 4 is 31.3 Å². The maximum absolute atomic E-state index is 13.3. The number of alkyl halides is 3. The van der Waals surface area contributed by atoms with E-state index >= 15 is 0 Å². The molecule has 4 N–H and O–H groups in total. The smallest absolute Gasteiger partial charge is 0.419 e. The lowest BCUT2D eigenvalue weighted by molar-refractivity contribution is -0.138. The molecule has 0 saturated heterocycles. The van der Waals surface area contributed by atoms with E-state index in [9.17, 15) is 22.8 Å². The minimum atomic E-state index is -4.54. The highest BCUT2D eigenvalue weighted by molar-refractivity contribution is 6.32. The van der Waals surface area contributed by atoms with E-state index in [4.69, 9.17) is 10.5 Å². The Hall–Kier alpha value is -4.02. The summed E-state index contributed by atoms with van der Waals surface area (Å²) in [5, 5.41) is 5.45. The highest BCUT2D eigenvalue weighted by atomic mass is 19.4. The second-order valence-electron chi connectivity index (χ2n) is 8.05. The number of ether oxygens (including phenoxy) is 1. The summed E-state index contributed by atoms with van der Waals surface area (Å²) in [6.07, 6.45) is 0.00184. The molecule has 11 heteroatoms. The number of rotatable bonds is 9. The van der Waals surface area contributed by atoms with Gasteiger partial charge < -0.3 is 21.1 Å². The summed E-state index contributed by atoms with van der Waals surface area (Å²) in [5.74, 6) is -0.943. The Morgan fingerprint density at radius 2 is 1.89 bits per heavy atom. The first kappa shape index (κ1) is 25.6. The highest BCUT2D eigenvalue weighted by Gasteiger charge is 2.51. The quantitative estimate of drug-likeness (QED) is 0.288. The Kier molecular flexibility index (Phi) is 7.68. The zero-order chi connectivity index (χ0) is 25.6. The van der Waals surface area contributed by atoms with Crippen molar-refractivity contribution in [3.63, 3.8) is 0 Å². The van der Waals surface area contributed by atoms with Crippen molar-refractivity contribution in [2.45, 2.75) is 31.1 Å². The Bertz CT molecular complexity index is 1170. The molecule has 1 fully saturated rings. The van der Waals surface area contributed by atoms with Gasteiger partial charge in [0.1, 0.15) is 24.9 Å². The summed E-state index contributed by atoms with van der Waals surface area (Å²) >= 11 is 0. The maximum atomic E-state index is 13.3. The minimum Gasteiger partial charge on any atom is -0.457 e. The van der Waals surface area contributed by atoms with Gasteiger partial charge in [0, 0.05) is 25.2 Å². The first-order valence-electron chi connectivity index (χ1n) is 10.7. The van der Waals surface area contributed by atoms with E-state index in [0.717, 1.165) is 12.3 Å². The van der Waals surface area contributed by atoms with Gasteiger partial charge in [0.25, 0.3) is 5.91 Å². The minimum absolute atomic E-state index is 0.0989. The third kappa shape index (κ3) is 6.53. The summed E-state index contributed by atoms with van der Waals surface area (Å²) in [6, 6.07) is 10.2. The van der Waals surface area contributed by atoms with E-state index < -0.39 is 23.2 Å². The van der Waals surface area contributed by atoms with Gasteiger partial charge >= 0.3 is 6.18 Å². The van der Waals surface area contributed by atoms with Crippen LogP contribution in [0.2, 0.25) is 0 Å².